The minimum absolute atomic E-state index is 0.0456. The van der Waals surface area contributed by atoms with Gasteiger partial charge in [0.1, 0.15) is 17.0 Å². The van der Waals surface area contributed by atoms with Gasteiger partial charge in [-0.3, -0.25) is 4.79 Å². The second kappa shape index (κ2) is 6.96. The third kappa shape index (κ3) is 3.89. The van der Waals surface area contributed by atoms with Gasteiger partial charge in [-0.1, -0.05) is 24.3 Å². The van der Waals surface area contributed by atoms with Crippen LogP contribution in [0.1, 0.15) is 17.3 Å². The molecule has 0 saturated carbocycles. The molecule has 25 heavy (non-hydrogen) atoms. The van der Waals surface area contributed by atoms with Crippen LogP contribution < -0.4 is 10.9 Å². The molecule has 3 aromatic rings. The van der Waals surface area contributed by atoms with Gasteiger partial charge < -0.3 is 14.6 Å². The quantitative estimate of drug-likeness (QED) is 0.586. The highest BCUT2D eigenvalue weighted by Gasteiger charge is 2.14. The molecule has 1 aromatic heterocycles. The minimum atomic E-state index is -0.653. The highest BCUT2D eigenvalue weighted by molar-refractivity contribution is 6.05. The number of para-hydroxylation sites is 1. The largest absolute Gasteiger partial charge is 0.435 e. The Morgan fingerprint density at radius 1 is 1.12 bits per heavy atom. The molecule has 0 aliphatic carbocycles. The maximum atomic E-state index is 13.3. The van der Waals surface area contributed by atoms with Crippen LogP contribution in [-0.2, 0) is 9.63 Å². The van der Waals surface area contributed by atoms with Crippen molar-refractivity contribution < 1.29 is 23.2 Å². The molecule has 6 nitrogen and oxygen atoms in total. The van der Waals surface area contributed by atoms with Gasteiger partial charge in [-0.15, -0.1) is 0 Å². The van der Waals surface area contributed by atoms with Crippen molar-refractivity contribution in [3.05, 3.63) is 71.5 Å². The number of fused-ring (bicyclic) bond motifs is 1. The van der Waals surface area contributed by atoms with Gasteiger partial charge in [0.25, 0.3) is 11.5 Å². The summed E-state index contributed by atoms with van der Waals surface area (Å²) in [5.74, 6) is -1.71. The van der Waals surface area contributed by atoms with E-state index in [1.807, 2.05) is 0 Å². The smallest absolute Gasteiger partial charge is 0.332 e. The zero-order valence-electron chi connectivity index (χ0n) is 13.2. The molecule has 0 atom stereocenters. The summed E-state index contributed by atoms with van der Waals surface area (Å²) < 4.78 is 18.8. The molecule has 1 amide bonds. The number of carbonyl (C=O) groups excluding carboxylic acids is 2. The van der Waals surface area contributed by atoms with Crippen LogP contribution in [0.2, 0.25) is 0 Å². The van der Waals surface area contributed by atoms with Crippen LogP contribution in [0.5, 0.6) is 0 Å². The lowest BCUT2D eigenvalue weighted by Gasteiger charge is -2.06. The first kappa shape index (κ1) is 16.4. The SMILES string of the molecule is CC(=O)O/N=c1\oc2ccccc2cc1C(=O)Nc1cccc(F)c1. The second-order valence-corrected chi connectivity index (χ2v) is 5.14. The van der Waals surface area contributed by atoms with Crippen LogP contribution in [0.15, 0.2) is 64.2 Å². The number of carbonyl (C=O) groups is 2. The number of halogens is 1. The fraction of sp³-hybridized carbons (Fsp3) is 0.0556. The molecule has 126 valence electrons. The summed E-state index contributed by atoms with van der Waals surface area (Å²) in [6.07, 6.45) is 0. The predicted octanol–water partition coefficient (Wildman–Crippen LogP) is 3.20. The third-order valence-corrected chi connectivity index (χ3v) is 3.24. The summed E-state index contributed by atoms with van der Waals surface area (Å²) in [4.78, 5) is 28.1. The first-order valence-electron chi connectivity index (χ1n) is 7.34. The molecule has 3 rings (SSSR count). The summed E-state index contributed by atoms with van der Waals surface area (Å²) in [5, 5.41) is 6.80. The van der Waals surface area contributed by atoms with Crippen molar-refractivity contribution in [3.8, 4) is 0 Å². The van der Waals surface area contributed by atoms with Gasteiger partial charge in [-0.25, -0.2) is 9.18 Å². The number of nitrogens with zero attached hydrogens (tertiary/aromatic N) is 1. The van der Waals surface area contributed by atoms with Gasteiger partial charge in [0, 0.05) is 18.0 Å². The van der Waals surface area contributed by atoms with Gasteiger partial charge in [0.2, 0.25) is 0 Å². The number of hydrogen-bond donors (Lipinski definition) is 1. The average molecular weight is 340 g/mol. The van der Waals surface area contributed by atoms with Crippen LogP contribution in [0, 0.1) is 5.82 Å². The number of nitrogens with one attached hydrogen (secondary N) is 1. The maximum Gasteiger partial charge on any atom is 0.332 e. The van der Waals surface area contributed by atoms with Gasteiger partial charge in [0.15, 0.2) is 0 Å². The molecule has 0 saturated heterocycles. The topological polar surface area (TPSA) is 80.9 Å². The zero-order valence-corrected chi connectivity index (χ0v) is 13.2. The molecule has 0 radical (unpaired) electrons. The summed E-state index contributed by atoms with van der Waals surface area (Å²) >= 11 is 0. The van der Waals surface area contributed by atoms with E-state index in [4.69, 9.17) is 4.42 Å². The van der Waals surface area contributed by atoms with E-state index in [0.29, 0.717) is 11.0 Å². The third-order valence-electron chi connectivity index (χ3n) is 3.24. The van der Waals surface area contributed by atoms with Gasteiger partial charge in [-0.05, 0) is 35.5 Å². The Morgan fingerprint density at radius 2 is 1.92 bits per heavy atom. The number of amides is 1. The van der Waals surface area contributed by atoms with Gasteiger partial charge in [0.05, 0.1) is 0 Å². The fourth-order valence-corrected chi connectivity index (χ4v) is 2.17. The summed E-state index contributed by atoms with van der Waals surface area (Å²) in [7, 11) is 0. The van der Waals surface area contributed by atoms with Gasteiger partial charge >= 0.3 is 5.97 Å². The van der Waals surface area contributed by atoms with Crippen molar-refractivity contribution in [1.82, 2.24) is 0 Å². The lowest BCUT2D eigenvalue weighted by atomic mass is 10.1. The van der Waals surface area contributed by atoms with E-state index < -0.39 is 17.7 Å². The first-order valence-corrected chi connectivity index (χ1v) is 7.34. The summed E-state index contributed by atoms with van der Waals surface area (Å²) in [6, 6.07) is 14.0. The molecule has 2 aromatic carbocycles. The fourth-order valence-electron chi connectivity index (χ4n) is 2.17. The predicted molar refractivity (Wildman–Crippen MR) is 87.9 cm³/mol. The Hall–Kier alpha value is -3.48. The Bertz CT molecular complexity index is 1030. The molecule has 0 aliphatic rings. The zero-order chi connectivity index (χ0) is 17.8. The lowest BCUT2D eigenvalue weighted by Crippen LogP contribution is -2.22. The Morgan fingerprint density at radius 3 is 2.68 bits per heavy atom. The van der Waals surface area contributed by atoms with E-state index in [1.165, 1.54) is 25.1 Å². The van der Waals surface area contributed by atoms with E-state index in [1.54, 1.807) is 36.4 Å². The van der Waals surface area contributed by atoms with Crippen LogP contribution in [0.3, 0.4) is 0 Å². The van der Waals surface area contributed by atoms with Crippen molar-refractivity contribution in [2.24, 2.45) is 5.16 Å². The van der Waals surface area contributed by atoms with Crippen LogP contribution in [-0.4, -0.2) is 11.9 Å². The standard InChI is InChI=1S/C18H13FN2O4/c1-11(22)25-21-18-15(9-12-5-2-3-8-16(12)24-18)17(23)20-14-7-4-6-13(19)10-14/h2-10H,1H3,(H,20,23)/b21-18-. The second-order valence-electron chi connectivity index (χ2n) is 5.14. The van der Waals surface area contributed by atoms with Gasteiger partial charge in [-0.2, -0.15) is 0 Å². The molecule has 1 N–H and O–H groups in total. The van der Waals surface area contributed by atoms with Crippen LogP contribution in [0.25, 0.3) is 11.0 Å². The number of hydrogen-bond acceptors (Lipinski definition) is 5. The molecule has 0 fully saturated rings. The van der Waals surface area contributed by atoms with Crippen LogP contribution >= 0.6 is 0 Å². The molecule has 0 bridgehead atoms. The molecule has 0 aliphatic heterocycles. The Kier molecular flexibility index (Phi) is 4.56. The molecule has 0 spiro atoms. The lowest BCUT2D eigenvalue weighted by molar-refractivity contribution is -0.141. The minimum Gasteiger partial charge on any atom is -0.435 e. The Labute approximate surface area is 141 Å². The summed E-state index contributed by atoms with van der Waals surface area (Å²) in [5.41, 5.74) is 0.624. The monoisotopic (exact) mass is 340 g/mol. The van der Waals surface area contributed by atoms with Crippen molar-refractivity contribution >= 4 is 28.5 Å². The normalized spacial score (nSPS) is 11.4. The molecule has 1 heterocycles. The van der Waals surface area contributed by atoms with E-state index in [2.05, 4.69) is 15.3 Å². The molecular weight excluding hydrogens is 327 g/mol. The van der Waals surface area contributed by atoms with E-state index in [9.17, 15) is 14.0 Å². The number of benzene rings is 2. The Balaban J connectivity index is 2.05. The van der Waals surface area contributed by atoms with E-state index in [-0.39, 0.29) is 16.8 Å². The molecule has 0 unspecified atom stereocenters. The van der Waals surface area contributed by atoms with Crippen molar-refractivity contribution in [2.75, 3.05) is 5.32 Å². The maximum absolute atomic E-state index is 13.3. The van der Waals surface area contributed by atoms with Crippen molar-refractivity contribution in [2.45, 2.75) is 6.92 Å². The molecule has 7 heteroatoms. The average Bonchev–Trinajstić information content (AvgIpc) is 2.59. The van der Waals surface area contributed by atoms with Crippen molar-refractivity contribution in [3.63, 3.8) is 0 Å². The highest BCUT2D eigenvalue weighted by atomic mass is 19.1. The summed E-state index contributed by atoms with van der Waals surface area (Å²) in [6.45, 7) is 1.18. The molecular formula is C18H13FN2O4. The van der Waals surface area contributed by atoms with E-state index in [0.717, 1.165) is 0 Å². The van der Waals surface area contributed by atoms with Crippen molar-refractivity contribution in [1.29, 1.82) is 0 Å². The van der Waals surface area contributed by atoms with E-state index >= 15 is 0 Å². The first-order chi connectivity index (χ1) is 12.0. The highest BCUT2D eigenvalue weighted by Crippen LogP contribution is 2.15. The van der Waals surface area contributed by atoms with Crippen LogP contribution in [0.4, 0.5) is 10.1 Å². The number of anilines is 1. The number of rotatable bonds is 3.